The molecular formula is C36H29BrN2O6. The van der Waals surface area contributed by atoms with Gasteiger partial charge in [-0.3, -0.25) is 19.2 Å². The minimum atomic E-state index is -0.231. The number of carbonyl (C=O) groups is 2. The van der Waals surface area contributed by atoms with Crippen molar-refractivity contribution in [3.05, 3.63) is 152 Å². The summed E-state index contributed by atoms with van der Waals surface area (Å²) in [5.74, 6) is 1.01. The number of aromatic nitrogens is 2. The van der Waals surface area contributed by atoms with Gasteiger partial charge in [-0.25, -0.2) is 0 Å². The van der Waals surface area contributed by atoms with Gasteiger partial charge in [0.25, 0.3) is 0 Å². The third-order valence-electron chi connectivity index (χ3n) is 6.99. The molecule has 2 heterocycles. The van der Waals surface area contributed by atoms with Crippen LogP contribution in [-0.2, 0) is 13.2 Å². The van der Waals surface area contributed by atoms with Crippen molar-refractivity contribution in [1.29, 1.82) is 0 Å². The smallest absolute Gasteiger partial charge is 0.248 e. The minimum absolute atomic E-state index is 0.0448. The Balaban J connectivity index is 0.000000178. The number of halogens is 1. The number of ketones is 2. The number of rotatable bonds is 9. The van der Waals surface area contributed by atoms with Crippen molar-refractivity contribution in [2.24, 2.45) is 0 Å². The maximum Gasteiger partial charge on any atom is 0.248 e. The molecule has 0 fully saturated rings. The standard InChI is InChI=1S/C18H14BrNO3.C18H15NO3/c19-10-15(21)13-6-8-16(18-14(13)7-9-17(22)20-18)23-11-12-4-2-1-3-5-12;1-12(20)14-7-9-16(18-15(14)8-10-17(21)19-18)22-11-13-5-3-2-4-6-13/h1-9H,10-11H2,(H,20,22);2-10H,11H2,1H3,(H,19,21). The Kier molecular flexibility index (Phi) is 10.0. The van der Waals surface area contributed by atoms with Gasteiger partial charge in [0.15, 0.2) is 11.6 Å². The molecule has 6 rings (SSSR count). The van der Waals surface area contributed by atoms with E-state index in [4.69, 9.17) is 9.47 Å². The van der Waals surface area contributed by atoms with E-state index in [1.54, 1.807) is 36.4 Å². The monoisotopic (exact) mass is 664 g/mol. The molecular weight excluding hydrogens is 636 g/mol. The number of fused-ring (bicyclic) bond motifs is 2. The molecule has 6 aromatic rings. The summed E-state index contributed by atoms with van der Waals surface area (Å²) in [6.45, 7) is 2.29. The fourth-order valence-electron chi connectivity index (χ4n) is 4.78. The number of ether oxygens (including phenoxy) is 2. The van der Waals surface area contributed by atoms with E-state index < -0.39 is 0 Å². The SMILES string of the molecule is CC(=O)c1ccc(OCc2ccccc2)c2[nH]c(=O)ccc12.O=C(CBr)c1ccc(OCc2ccccc2)c2[nH]c(=O)ccc12. The summed E-state index contributed by atoms with van der Waals surface area (Å²) >= 11 is 3.18. The number of Topliss-reactive ketones (excluding diaryl/α,β-unsaturated/α-hetero) is 2. The summed E-state index contributed by atoms with van der Waals surface area (Å²) in [5.41, 5.74) is 3.82. The van der Waals surface area contributed by atoms with Crippen molar-refractivity contribution in [2.75, 3.05) is 5.33 Å². The first-order valence-electron chi connectivity index (χ1n) is 14.1. The van der Waals surface area contributed by atoms with E-state index in [1.165, 1.54) is 19.1 Å². The van der Waals surface area contributed by atoms with Crippen LogP contribution in [0, 0.1) is 0 Å². The second kappa shape index (κ2) is 14.5. The number of hydrogen-bond acceptors (Lipinski definition) is 6. The number of pyridine rings is 2. The van der Waals surface area contributed by atoms with Crippen LogP contribution in [0.3, 0.4) is 0 Å². The van der Waals surface area contributed by atoms with Crippen molar-refractivity contribution in [2.45, 2.75) is 20.1 Å². The van der Waals surface area contributed by atoms with E-state index >= 15 is 0 Å². The highest BCUT2D eigenvalue weighted by molar-refractivity contribution is 9.09. The highest BCUT2D eigenvalue weighted by Crippen LogP contribution is 2.28. The van der Waals surface area contributed by atoms with E-state index in [9.17, 15) is 19.2 Å². The number of alkyl halides is 1. The average Bonchev–Trinajstić information content (AvgIpc) is 3.06. The predicted molar refractivity (Wildman–Crippen MR) is 179 cm³/mol. The Morgan fingerprint density at radius 1 is 0.600 bits per heavy atom. The molecule has 0 aliphatic heterocycles. The zero-order valence-corrected chi connectivity index (χ0v) is 25.9. The molecule has 0 saturated heterocycles. The van der Waals surface area contributed by atoms with Gasteiger partial charge in [0.1, 0.15) is 24.7 Å². The maximum absolute atomic E-state index is 12.0. The Morgan fingerprint density at radius 3 is 1.49 bits per heavy atom. The predicted octanol–water partition coefficient (Wildman–Crippen LogP) is 6.99. The van der Waals surface area contributed by atoms with Crippen molar-refractivity contribution >= 4 is 49.3 Å². The molecule has 0 amide bonds. The second-order valence-corrected chi connectivity index (χ2v) is 10.7. The van der Waals surface area contributed by atoms with Crippen LogP contribution in [-0.4, -0.2) is 26.9 Å². The Morgan fingerprint density at radius 2 is 1.04 bits per heavy atom. The van der Waals surface area contributed by atoms with Crippen molar-refractivity contribution < 1.29 is 19.1 Å². The van der Waals surface area contributed by atoms with Crippen molar-refractivity contribution in [3.8, 4) is 11.5 Å². The number of nitrogens with one attached hydrogen (secondary N) is 2. The summed E-state index contributed by atoms with van der Waals surface area (Å²) in [4.78, 5) is 52.5. The summed E-state index contributed by atoms with van der Waals surface area (Å²) in [6, 6.07) is 32.5. The maximum atomic E-state index is 12.0. The largest absolute Gasteiger partial charge is 0.487 e. The lowest BCUT2D eigenvalue weighted by atomic mass is 10.0. The number of carbonyl (C=O) groups excluding carboxylic acids is 2. The average molecular weight is 666 g/mol. The molecule has 8 nitrogen and oxygen atoms in total. The Labute approximate surface area is 266 Å². The number of aromatic amines is 2. The molecule has 9 heteroatoms. The van der Waals surface area contributed by atoms with Gasteiger partial charge >= 0.3 is 0 Å². The molecule has 2 N–H and O–H groups in total. The lowest BCUT2D eigenvalue weighted by Crippen LogP contribution is -2.08. The van der Waals surface area contributed by atoms with Gasteiger partial charge in [0, 0.05) is 34.0 Å². The number of H-pyrrole nitrogens is 2. The first kappa shape index (κ1) is 31.2. The first-order valence-corrected chi connectivity index (χ1v) is 15.2. The van der Waals surface area contributed by atoms with E-state index in [0.29, 0.717) is 57.6 Å². The minimum Gasteiger partial charge on any atom is -0.487 e. The van der Waals surface area contributed by atoms with Crippen LogP contribution in [0.25, 0.3) is 21.8 Å². The fraction of sp³-hybridized carbons (Fsp3) is 0.111. The van der Waals surface area contributed by atoms with Gasteiger partial charge in [0.05, 0.1) is 16.4 Å². The Bertz CT molecular complexity index is 2090. The lowest BCUT2D eigenvalue weighted by Gasteiger charge is -2.11. The highest BCUT2D eigenvalue weighted by Gasteiger charge is 2.14. The highest BCUT2D eigenvalue weighted by atomic mass is 79.9. The van der Waals surface area contributed by atoms with Crippen molar-refractivity contribution in [3.63, 3.8) is 0 Å². The van der Waals surface area contributed by atoms with E-state index in [-0.39, 0.29) is 28.0 Å². The molecule has 4 aromatic carbocycles. The third kappa shape index (κ3) is 7.63. The fourth-order valence-corrected chi connectivity index (χ4v) is 5.09. The molecule has 0 spiro atoms. The zero-order valence-electron chi connectivity index (χ0n) is 24.3. The van der Waals surface area contributed by atoms with E-state index in [2.05, 4.69) is 25.9 Å². The molecule has 0 bridgehead atoms. The summed E-state index contributed by atoms with van der Waals surface area (Å²) in [6.07, 6.45) is 0. The Hall–Kier alpha value is -5.28. The molecule has 2 aromatic heterocycles. The molecule has 45 heavy (non-hydrogen) atoms. The topological polar surface area (TPSA) is 118 Å². The van der Waals surface area contributed by atoms with Gasteiger partial charge in [-0.05, 0) is 54.4 Å². The summed E-state index contributed by atoms with van der Waals surface area (Å²) in [5, 5.41) is 1.60. The third-order valence-corrected chi connectivity index (χ3v) is 7.50. The van der Waals surface area contributed by atoms with E-state index in [1.807, 2.05) is 60.7 Å². The van der Waals surface area contributed by atoms with Crippen molar-refractivity contribution in [1.82, 2.24) is 9.97 Å². The molecule has 0 radical (unpaired) electrons. The normalized spacial score (nSPS) is 10.6. The molecule has 226 valence electrons. The first-order chi connectivity index (χ1) is 21.8. The molecule has 0 aliphatic rings. The molecule has 0 saturated carbocycles. The quantitative estimate of drug-likeness (QED) is 0.127. The van der Waals surface area contributed by atoms with Gasteiger partial charge in [-0.15, -0.1) is 0 Å². The molecule has 0 unspecified atom stereocenters. The van der Waals surface area contributed by atoms with Crippen LogP contribution >= 0.6 is 15.9 Å². The van der Waals surface area contributed by atoms with Crippen LogP contribution in [0.1, 0.15) is 38.8 Å². The number of hydrogen-bond donors (Lipinski definition) is 2. The van der Waals surface area contributed by atoms with Gasteiger partial charge < -0.3 is 19.4 Å². The van der Waals surface area contributed by atoms with Crippen LogP contribution in [0.2, 0.25) is 0 Å². The number of benzene rings is 4. The second-order valence-electron chi connectivity index (χ2n) is 10.1. The summed E-state index contributed by atoms with van der Waals surface area (Å²) < 4.78 is 11.6. The molecule has 0 aliphatic carbocycles. The van der Waals surface area contributed by atoms with E-state index in [0.717, 1.165) is 11.1 Å². The zero-order chi connectivity index (χ0) is 31.8. The van der Waals surface area contributed by atoms with Gasteiger partial charge in [-0.1, -0.05) is 76.6 Å². The van der Waals surface area contributed by atoms with Crippen LogP contribution in [0.15, 0.2) is 119 Å². The van der Waals surface area contributed by atoms with Gasteiger partial charge in [-0.2, -0.15) is 0 Å². The van der Waals surface area contributed by atoms with Gasteiger partial charge in [0.2, 0.25) is 11.1 Å². The lowest BCUT2D eigenvalue weighted by molar-refractivity contribution is 0.101. The molecule has 0 atom stereocenters. The van der Waals surface area contributed by atoms with Crippen LogP contribution in [0.4, 0.5) is 0 Å². The van der Waals surface area contributed by atoms with Crippen LogP contribution in [0.5, 0.6) is 11.5 Å². The van der Waals surface area contributed by atoms with Crippen LogP contribution < -0.4 is 20.6 Å². The summed E-state index contributed by atoms with van der Waals surface area (Å²) in [7, 11) is 0.